The summed E-state index contributed by atoms with van der Waals surface area (Å²) < 4.78 is 66.0. The summed E-state index contributed by atoms with van der Waals surface area (Å²) in [5, 5.41) is 10.1. The van der Waals surface area contributed by atoms with E-state index in [1.807, 2.05) is 0 Å². The van der Waals surface area contributed by atoms with Gasteiger partial charge in [-0.2, -0.15) is 13.2 Å². The Hall–Kier alpha value is -3.68. The lowest BCUT2D eigenvalue weighted by Crippen LogP contribution is -2.17. The molecular weight excluding hydrogens is 585 g/mol. The van der Waals surface area contributed by atoms with Crippen molar-refractivity contribution < 1.29 is 36.9 Å². The largest absolute Gasteiger partial charge is 0.493 e. The molecule has 0 N–H and O–H groups in total. The Morgan fingerprint density at radius 2 is 1.93 bits per heavy atom. The lowest BCUT2D eigenvalue weighted by Gasteiger charge is -2.24. The van der Waals surface area contributed by atoms with Crippen molar-refractivity contribution in [2.24, 2.45) is 0 Å². The van der Waals surface area contributed by atoms with Gasteiger partial charge in [0.2, 0.25) is 5.82 Å². The van der Waals surface area contributed by atoms with Crippen LogP contribution in [0.25, 0.3) is 5.69 Å². The molecule has 2 atom stereocenters. The third kappa shape index (κ3) is 5.74. The zero-order valence-corrected chi connectivity index (χ0v) is 23.6. The van der Waals surface area contributed by atoms with Crippen molar-refractivity contribution in [2.45, 2.75) is 37.6 Å². The Labute approximate surface area is 241 Å². The number of carbonyl (C=O) groups excluding carboxylic acids is 1. The van der Waals surface area contributed by atoms with E-state index in [-0.39, 0.29) is 30.3 Å². The number of esters is 1. The van der Waals surface area contributed by atoms with Crippen LogP contribution in [0.3, 0.4) is 0 Å². The zero-order chi connectivity index (χ0) is 29.3. The van der Waals surface area contributed by atoms with E-state index >= 15 is 0 Å². The molecule has 4 aromatic rings. The van der Waals surface area contributed by atoms with E-state index in [2.05, 4.69) is 19.9 Å². The van der Waals surface area contributed by atoms with Gasteiger partial charge in [0.05, 0.1) is 44.1 Å². The maximum Gasteiger partial charge on any atom is 0.452 e. The molecule has 0 saturated heterocycles. The quantitative estimate of drug-likeness (QED) is 0.227. The van der Waals surface area contributed by atoms with Crippen LogP contribution in [0.2, 0.25) is 5.02 Å². The number of carbonyl (C=O) groups is 1. The summed E-state index contributed by atoms with van der Waals surface area (Å²) in [4.78, 5) is 16.1. The molecule has 14 heteroatoms. The van der Waals surface area contributed by atoms with E-state index in [0.29, 0.717) is 44.8 Å². The number of aromatic nitrogens is 4. The van der Waals surface area contributed by atoms with Crippen molar-refractivity contribution in [3.63, 3.8) is 0 Å². The highest BCUT2D eigenvalue weighted by Crippen LogP contribution is 2.47. The maximum atomic E-state index is 14.2. The van der Waals surface area contributed by atoms with Crippen molar-refractivity contribution in [3.05, 3.63) is 80.3 Å². The minimum Gasteiger partial charge on any atom is -0.493 e. The van der Waals surface area contributed by atoms with E-state index in [4.69, 9.17) is 25.8 Å². The van der Waals surface area contributed by atoms with Crippen LogP contribution in [-0.4, -0.2) is 47.0 Å². The summed E-state index contributed by atoms with van der Waals surface area (Å²) in [6, 6.07) is 9.73. The smallest absolute Gasteiger partial charge is 0.452 e. The van der Waals surface area contributed by atoms with Gasteiger partial charge in [-0.25, -0.2) is 4.98 Å². The molecule has 0 bridgehead atoms. The van der Waals surface area contributed by atoms with Crippen molar-refractivity contribution in [2.75, 3.05) is 21.3 Å². The molecule has 2 aromatic carbocycles. The summed E-state index contributed by atoms with van der Waals surface area (Å²) in [5.41, 5.74) is 1.70. The van der Waals surface area contributed by atoms with E-state index in [1.54, 1.807) is 29.6 Å². The number of benzene rings is 2. The number of thiazole rings is 1. The fourth-order valence-corrected chi connectivity index (χ4v) is 5.75. The molecule has 0 aliphatic carbocycles. The second-order valence-corrected chi connectivity index (χ2v) is 10.4. The fraction of sp³-hybridized carbons (Fsp3) is 0.333. The highest BCUT2D eigenvalue weighted by molar-refractivity contribution is 7.09. The van der Waals surface area contributed by atoms with Gasteiger partial charge in [0, 0.05) is 34.4 Å². The van der Waals surface area contributed by atoms with E-state index in [0.717, 1.165) is 4.57 Å². The average Bonchev–Trinajstić information content (AvgIpc) is 3.58. The minimum atomic E-state index is -4.80. The molecule has 0 unspecified atom stereocenters. The van der Waals surface area contributed by atoms with E-state index in [9.17, 15) is 18.0 Å². The lowest BCUT2D eigenvalue weighted by molar-refractivity contribution is -0.146. The van der Waals surface area contributed by atoms with Crippen LogP contribution >= 0.6 is 22.9 Å². The van der Waals surface area contributed by atoms with Crippen LogP contribution in [0, 0.1) is 0 Å². The Balaban J connectivity index is 1.65. The number of aryl methyl sites for hydroxylation is 1. The first-order chi connectivity index (χ1) is 19.6. The van der Waals surface area contributed by atoms with Gasteiger partial charge in [0.25, 0.3) is 0 Å². The first kappa shape index (κ1) is 28.8. The molecule has 0 amide bonds. The van der Waals surface area contributed by atoms with Gasteiger partial charge < -0.3 is 18.9 Å². The number of rotatable bonds is 8. The van der Waals surface area contributed by atoms with Crippen LogP contribution in [-0.2, 0) is 33.3 Å². The number of alkyl halides is 3. The van der Waals surface area contributed by atoms with Crippen molar-refractivity contribution in [3.8, 4) is 17.2 Å². The third-order valence-corrected chi connectivity index (χ3v) is 7.69. The van der Waals surface area contributed by atoms with Gasteiger partial charge in [-0.1, -0.05) is 23.7 Å². The molecule has 9 nitrogen and oxygen atoms in total. The van der Waals surface area contributed by atoms with E-state index in [1.165, 1.54) is 44.8 Å². The van der Waals surface area contributed by atoms with Crippen molar-refractivity contribution in [1.29, 1.82) is 0 Å². The molecule has 5 rings (SSSR count). The summed E-state index contributed by atoms with van der Waals surface area (Å²) >= 11 is 7.67. The molecule has 3 heterocycles. The van der Waals surface area contributed by atoms with Crippen molar-refractivity contribution in [1.82, 2.24) is 19.7 Å². The van der Waals surface area contributed by atoms with Gasteiger partial charge in [0.15, 0.2) is 17.3 Å². The number of hydrogen-bond acceptors (Lipinski definition) is 9. The molecular formula is C27H24ClF3N4O5S. The van der Waals surface area contributed by atoms with Crippen LogP contribution < -0.4 is 9.47 Å². The predicted octanol–water partition coefficient (Wildman–Crippen LogP) is 5.92. The second kappa shape index (κ2) is 11.7. The molecule has 0 saturated carbocycles. The zero-order valence-electron chi connectivity index (χ0n) is 22.1. The topological polar surface area (TPSA) is 97.6 Å². The average molecular weight is 609 g/mol. The lowest BCUT2D eigenvalue weighted by atomic mass is 9.98. The van der Waals surface area contributed by atoms with Gasteiger partial charge in [-0.3, -0.25) is 9.36 Å². The van der Waals surface area contributed by atoms with Gasteiger partial charge in [-0.15, -0.1) is 21.5 Å². The summed E-state index contributed by atoms with van der Waals surface area (Å²) in [5.74, 6) is -0.829. The van der Waals surface area contributed by atoms with E-state index < -0.39 is 24.2 Å². The maximum absolute atomic E-state index is 14.2. The molecule has 1 aliphatic rings. The summed E-state index contributed by atoms with van der Waals surface area (Å²) in [6.07, 6.45) is -6.15. The Morgan fingerprint density at radius 3 is 2.63 bits per heavy atom. The second-order valence-electron chi connectivity index (χ2n) is 9.02. The number of halogens is 4. The number of para-hydroxylation sites is 1. The van der Waals surface area contributed by atoms with Crippen LogP contribution in [0.15, 0.2) is 41.8 Å². The van der Waals surface area contributed by atoms with Crippen molar-refractivity contribution >= 4 is 28.9 Å². The Bertz CT molecular complexity index is 1570. The normalized spacial score (nSPS) is 16.5. The number of fused-ring (bicyclic) bond motifs is 3. The van der Waals surface area contributed by atoms with Gasteiger partial charge in [0.1, 0.15) is 12.2 Å². The number of methoxy groups -OCH3 is 3. The third-order valence-electron chi connectivity index (χ3n) is 6.53. The predicted molar refractivity (Wildman–Crippen MR) is 143 cm³/mol. The molecule has 0 fully saturated rings. The summed E-state index contributed by atoms with van der Waals surface area (Å²) in [6.45, 7) is 0. The standard InChI is InChI=1S/C27H24ClF3N4O5S/c1-37-19-6-4-5-16(24(19)39-3)23-17-11-14(28)7-9-18(17)35-25(33-34-26(35)27(29,30)31)20(40-23)12-21-32-15(13-41-21)8-10-22(36)38-2/h4-7,9,11,13,20,23H,8,10,12H2,1-3H3/t20-,23-/m1/s1. The molecule has 0 radical (unpaired) electrons. The summed E-state index contributed by atoms with van der Waals surface area (Å²) in [7, 11) is 4.26. The van der Waals surface area contributed by atoms with Crippen LogP contribution in [0.4, 0.5) is 13.2 Å². The monoisotopic (exact) mass is 608 g/mol. The highest BCUT2D eigenvalue weighted by Gasteiger charge is 2.43. The Morgan fingerprint density at radius 1 is 1.12 bits per heavy atom. The van der Waals surface area contributed by atoms with Gasteiger partial charge in [-0.05, 0) is 24.3 Å². The van der Waals surface area contributed by atoms with Crippen LogP contribution in [0.5, 0.6) is 11.5 Å². The SMILES string of the molecule is COC(=O)CCc1csc(C[C@H]2O[C@H](c3cccc(OC)c3OC)c3cc(Cl)ccc3-n3c2nnc3C(F)(F)F)n1. The number of hydrogen-bond donors (Lipinski definition) is 0. The minimum absolute atomic E-state index is 0.0448. The molecule has 1 aliphatic heterocycles. The molecule has 41 heavy (non-hydrogen) atoms. The molecule has 0 spiro atoms. The highest BCUT2D eigenvalue weighted by atomic mass is 35.5. The molecule has 216 valence electrons. The number of ether oxygens (including phenoxy) is 4. The first-order valence-electron chi connectivity index (χ1n) is 12.3. The molecule has 2 aromatic heterocycles. The Kier molecular flexibility index (Phi) is 8.20. The number of nitrogens with zero attached hydrogens (tertiary/aromatic N) is 4. The first-order valence-corrected chi connectivity index (χ1v) is 13.6. The van der Waals surface area contributed by atoms with Gasteiger partial charge >= 0.3 is 12.1 Å². The van der Waals surface area contributed by atoms with Crippen LogP contribution in [0.1, 0.15) is 52.1 Å². The fourth-order valence-electron chi connectivity index (χ4n) is 4.71.